The van der Waals surface area contributed by atoms with Crippen molar-refractivity contribution in [3.63, 3.8) is 0 Å². The van der Waals surface area contributed by atoms with Crippen molar-refractivity contribution >= 4 is 24.8 Å². The van der Waals surface area contributed by atoms with Gasteiger partial charge in [-0.1, -0.05) is 25.8 Å². The Balaban J connectivity index is 0.00000220. The molecule has 1 aliphatic heterocycles. The van der Waals surface area contributed by atoms with E-state index in [1.165, 1.54) is 18.9 Å². The maximum atomic E-state index is 13.4. The highest BCUT2D eigenvalue weighted by Gasteiger charge is 2.24. The molecule has 22 heavy (non-hydrogen) atoms. The second-order valence-corrected chi connectivity index (χ2v) is 5.33. The quantitative estimate of drug-likeness (QED) is 0.842. The van der Waals surface area contributed by atoms with Gasteiger partial charge in [0.15, 0.2) is 0 Å². The first kappa shape index (κ1) is 21.4. The van der Waals surface area contributed by atoms with Crippen LogP contribution in [0.5, 0.6) is 5.75 Å². The zero-order valence-corrected chi connectivity index (χ0v) is 14.9. The topological polar surface area (TPSA) is 24.5 Å². The zero-order chi connectivity index (χ0) is 14.4. The van der Waals surface area contributed by atoms with Crippen molar-refractivity contribution in [3.8, 4) is 5.75 Å². The fourth-order valence-electron chi connectivity index (χ4n) is 2.89. The minimum atomic E-state index is -0.236. The molecule has 2 rings (SSSR count). The van der Waals surface area contributed by atoms with Crippen molar-refractivity contribution < 1.29 is 9.13 Å². The number of ether oxygens (including phenoxy) is 1. The minimum Gasteiger partial charge on any atom is -0.496 e. The van der Waals surface area contributed by atoms with Crippen LogP contribution in [0.1, 0.15) is 37.8 Å². The molecule has 0 radical (unpaired) electrons. The van der Waals surface area contributed by atoms with Crippen molar-refractivity contribution in [1.82, 2.24) is 10.2 Å². The van der Waals surface area contributed by atoms with Gasteiger partial charge in [-0.3, -0.25) is 4.90 Å². The number of rotatable bonds is 6. The first-order chi connectivity index (χ1) is 9.76. The number of hydrogen-bond donors (Lipinski definition) is 1. The first-order valence-electron chi connectivity index (χ1n) is 7.54. The first-order valence-corrected chi connectivity index (χ1v) is 7.54. The molecule has 128 valence electrons. The third-order valence-corrected chi connectivity index (χ3v) is 3.98. The summed E-state index contributed by atoms with van der Waals surface area (Å²) in [5, 5.41) is 3.38. The van der Waals surface area contributed by atoms with E-state index in [4.69, 9.17) is 4.74 Å². The molecule has 1 heterocycles. The standard InChI is InChI=1S/C16H25FN2O.2ClH/c1-3-4-5-15(19-10-8-18-9-11-19)14-7-6-13(17)12-16(14)20-2;;/h6-7,12,15,18H,3-5,8-11H2,1-2H3;2*1H/t15-;;/m1../s1. The van der Waals surface area contributed by atoms with Gasteiger partial charge < -0.3 is 10.1 Å². The van der Waals surface area contributed by atoms with Gasteiger partial charge in [-0.05, 0) is 12.5 Å². The summed E-state index contributed by atoms with van der Waals surface area (Å²) in [7, 11) is 1.62. The highest BCUT2D eigenvalue weighted by atomic mass is 35.5. The number of nitrogens with zero attached hydrogens (tertiary/aromatic N) is 1. The fraction of sp³-hybridized carbons (Fsp3) is 0.625. The lowest BCUT2D eigenvalue weighted by atomic mass is 9.97. The summed E-state index contributed by atoms with van der Waals surface area (Å²) in [6.45, 7) is 6.32. The minimum absolute atomic E-state index is 0. The molecule has 1 saturated heterocycles. The molecule has 1 aliphatic rings. The average molecular weight is 353 g/mol. The SMILES string of the molecule is CCCC[C@H](c1ccc(F)cc1OC)N1CCNCC1.Cl.Cl. The molecule has 0 aliphatic carbocycles. The van der Waals surface area contributed by atoms with E-state index in [-0.39, 0.29) is 30.6 Å². The maximum Gasteiger partial charge on any atom is 0.126 e. The van der Waals surface area contributed by atoms with Crippen LogP contribution in [0, 0.1) is 5.82 Å². The van der Waals surface area contributed by atoms with Crippen molar-refractivity contribution in [2.24, 2.45) is 0 Å². The van der Waals surface area contributed by atoms with Crippen molar-refractivity contribution in [2.45, 2.75) is 32.2 Å². The Morgan fingerprint density at radius 2 is 1.95 bits per heavy atom. The van der Waals surface area contributed by atoms with Crippen LogP contribution in [0.15, 0.2) is 18.2 Å². The van der Waals surface area contributed by atoms with E-state index in [0.29, 0.717) is 11.8 Å². The van der Waals surface area contributed by atoms with Gasteiger partial charge in [0, 0.05) is 43.9 Å². The summed E-state index contributed by atoms with van der Waals surface area (Å²) in [5.41, 5.74) is 1.12. The lowest BCUT2D eigenvalue weighted by molar-refractivity contribution is 0.160. The van der Waals surface area contributed by atoms with Crippen LogP contribution in [0.3, 0.4) is 0 Å². The summed E-state index contributed by atoms with van der Waals surface area (Å²) in [6.07, 6.45) is 3.44. The Hall–Kier alpha value is -0.550. The lowest BCUT2D eigenvalue weighted by Crippen LogP contribution is -2.45. The van der Waals surface area contributed by atoms with Crippen molar-refractivity contribution in [3.05, 3.63) is 29.6 Å². The average Bonchev–Trinajstić information content (AvgIpc) is 2.49. The van der Waals surface area contributed by atoms with Crippen LogP contribution in [-0.4, -0.2) is 38.2 Å². The Kier molecular flexibility index (Phi) is 10.8. The Morgan fingerprint density at radius 3 is 2.55 bits per heavy atom. The van der Waals surface area contributed by atoms with Crippen LogP contribution in [0.2, 0.25) is 0 Å². The highest BCUT2D eigenvalue weighted by molar-refractivity contribution is 5.85. The van der Waals surface area contributed by atoms with Gasteiger partial charge in [0.05, 0.1) is 7.11 Å². The van der Waals surface area contributed by atoms with E-state index >= 15 is 0 Å². The molecule has 0 saturated carbocycles. The largest absolute Gasteiger partial charge is 0.496 e. The molecular formula is C16H27Cl2FN2O. The normalized spacial score (nSPS) is 16.3. The van der Waals surface area contributed by atoms with Crippen molar-refractivity contribution in [2.75, 3.05) is 33.3 Å². The summed E-state index contributed by atoms with van der Waals surface area (Å²) in [5.74, 6) is 0.435. The molecular weight excluding hydrogens is 326 g/mol. The summed E-state index contributed by atoms with van der Waals surface area (Å²) < 4.78 is 18.8. The fourth-order valence-corrected chi connectivity index (χ4v) is 2.89. The number of methoxy groups -OCH3 is 1. The van der Waals surface area contributed by atoms with Crippen LogP contribution < -0.4 is 10.1 Å². The molecule has 0 bridgehead atoms. The summed E-state index contributed by atoms with van der Waals surface area (Å²) >= 11 is 0. The van der Waals surface area contributed by atoms with Crippen LogP contribution in [-0.2, 0) is 0 Å². The third-order valence-electron chi connectivity index (χ3n) is 3.98. The number of halogens is 3. The van der Waals surface area contributed by atoms with Gasteiger partial charge in [0.25, 0.3) is 0 Å². The lowest BCUT2D eigenvalue weighted by Gasteiger charge is -2.36. The molecule has 1 aromatic carbocycles. The number of unbranched alkanes of at least 4 members (excludes halogenated alkanes) is 1. The molecule has 1 atom stereocenters. The molecule has 1 fully saturated rings. The van der Waals surface area contributed by atoms with E-state index in [9.17, 15) is 4.39 Å². The van der Waals surface area contributed by atoms with E-state index in [1.54, 1.807) is 13.2 Å². The Bertz CT molecular complexity index is 429. The van der Waals surface area contributed by atoms with E-state index in [1.807, 2.05) is 6.07 Å². The third kappa shape index (κ3) is 5.58. The molecule has 1 N–H and O–H groups in total. The van der Waals surface area contributed by atoms with E-state index < -0.39 is 0 Å². The number of piperazine rings is 1. The molecule has 1 aromatic rings. The van der Waals surface area contributed by atoms with Crippen LogP contribution in [0.4, 0.5) is 4.39 Å². The van der Waals surface area contributed by atoms with Gasteiger partial charge in [-0.25, -0.2) is 4.39 Å². The van der Waals surface area contributed by atoms with E-state index in [0.717, 1.165) is 38.2 Å². The Labute approximate surface area is 145 Å². The van der Waals surface area contributed by atoms with E-state index in [2.05, 4.69) is 17.1 Å². The summed E-state index contributed by atoms with van der Waals surface area (Å²) in [4.78, 5) is 2.49. The summed E-state index contributed by atoms with van der Waals surface area (Å²) in [6, 6.07) is 5.25. The van der Waals surface area contributed by atoms with Crippen molar-refractivity contribution in [1.29, 1.82) is 0 Å². The predicted molar refractivity (Wildman–Crippen MR) is 94.2 cm³/mol. The number of hydrogen-bond acceptors (Lipinski definition) is 3. The molecule has 3 nitrogen and oxygen atoms in total. The van der Waals surface area contributed by atoms with Gasteiger partial charge in [0.2, 0.25) is 0 Å². The van der Waals surface area contributed by atoms with Gasteiger partial charge in [0.1, 0.15) is 11.6 Å². The molecule has 0 spiro atoms. The number of nitrogens with one attached hydrogen (secondary N) is 1. The predicted octanol–water partition coefficient (Wildman–Crippen LogP) is 3.81. The molecule has 0 aromatic heterocycles. The highest BCUT2D eigenvalue weighted by Crippen LogP contribution is 2.33. The molecule has 6 heteroatoms. The monoisotopic (exact) mass is 352 g/mol. The molecule has 0 amide bonds. The zero-order valence-electron chi connectivity index (χ0n) is 13.3. The number of benzene rings is 1. The van der Waals surface area contributed by atoms with Crippen LogP contribution >= 0.6 is 24.8 Å². The van der Waals surface area contributed by atoms with Gasteiger partial charge in [-0.2, -0.15) is 0 Å². The van der Waals surface area contributed by atoms with Crippen LogP contribution in [0.25, 0.3) is 0 Å². The second kappa shape index (κ2) is 11.1. The smallest absolute Gasteiger partial charge is 0.126 e. The molecule has 0 unspecified atom stereocenters. The van der Waals surface area contributed by atoms with Gasteiger partial charge >= 0.3 is 0 Å². The Morgan fingerprint density at radius 1 is 1.27 bits per heavy atom. The maximum absolute atomic E-state index is 13.4. The second-order valence-electron chi connectivity index (χ2n) is 5.33. The van der Waals surface area contributed by atoms with Gasteiger partial charge in [-0.15, -0.1) is 24.8 Å².